The summed E-state index contributed by atoms with van der Waals surface area (Å²) in [5.74, 6) is -0.890. The van der Waals surface area contributed by atoms with Gasteiger partial charge >= 0.3 is 0 Å². The van der Waals surface area contributed by atoms with Crippen molar-refractivity contribution in [3.8, 4) is 0 Å². The molecule has 1 saturated heterocycles. The molecule has 1 aromatic carbocycles. The van der Waals surface area contributed by atoms with E-state index >= 15 is 0 Å². The number of rotatable bonds is 1. The highest BCUT2D eigenvalue weighted by Crippen LogP contribution is 2.41. The number of anilines is 1. The van der Waals surface area contributed by atoms with Crippen LogP contribution in [0.25, 0.3) is 0 Å². The average Bonchev–Trinajstić information content (AvgIpc) is 2.20. The Balaban J connectivity index is 2.20. The van der Waals surface area contributed by atoms with Crippen molar-refractivity contribution < 1.29 is 17.9 Å². The monoisotopic (exact) mass is 249 g/mol. The van der Waals surface area contributed by atoms with Gasteiger partial charge in [0.15, 0.2) is 0 Å². The van der Waals surface area contributed by atoms with Crippen molar-refractivity contribution in [2.24, 2.45) is 0 Å². The maximum Gasteiger partial charge on any atom is 0.149 e. The first-order chi connectivity index (χ1) is 7.49. The van der Waals surface area contributed by atoms with Crippen LogP contribution in [0.4, 0.5) is 14.5 Å². The summed E-state index contributed by atoms with van der Waals surface area (Å²) >= 11 is 0. The molecule has 1 heterocycles. The van der Waals surface area contributed by atoms with Crippen molar-refractivity contribution in [1.29, 1.82) is 0 Å². The Hall–Kier alpha value is -0.850. The van der Waals surface area contributed by atoms with Gasteiger partial charge in [-0.05, 0) is 12.1 Å². The van der Waals surface area contributed by atoms with Crippen LogP contribution in [0.15, 0.2) is 18.2 Å². The first-order valence-electron chi connectivity index (χ1n) is 4.92. The number of hydrogen-bond donors (Lipinski definition) is 2. The molecular formula is C10H13F2NO2S. The molecule has 2 rings (SSSR count). The first kappa shape index (κ1) is 11.6. The molecule has 3 nitrogen and oxygen atoms in total. The lowest BCUT2D eigenvalue weighted by atomic mass is 10.2. The molecule has 0 saturated carbocycles. The van der Waals surface area contributed by atoms with Crippen LogP contribution in [0, 0.1) is 11.6 Å². The normalized spacial score (nSPS) is 21.9. The molecule has 6 heteroatoms. The standard InChI is InChI=1S/C10H13F2NO2S/c11-8-2-1-3-9(12)10(8)13-4-6-16(14,15)7-5-13/h1-3,14-15H,4-7H2. The number of nitrogens with zero attached hydrogens (tertiary/aromatic N) is 1. The van der Waals surface area contributed by atoms with E-state index in [4.69, 9.17) is 0 Å². The van der Waals surface area contributed by atoms with Crippen molar-refractivity contribution in [2.75, 3.05) is 29.5 Å². The second-order valence-electron chi connectivity index (χ2n) is 3.77. The molecule has 0 radical (unpaired) electrons. The minimum atomic E-state index is -2.54. The Morgan fingerprint density at radius 3 is 2.06 bits per heavy atom. The van der Waals surface area contributed by atoms with Crippen LogP contribution in [0.2, 0.25) is 0 Å². The second kappa shape index (κ2) is 4.20. The van der Waals surface area contributed by atoms with E-state index in [1.165, 1.54) is 23.1 Å². The molecule has 0 spiro atoms. The fourth-order valence-electron chi connectivity index (χ4n) is 1.74. The molecule has 0 amide bonds. The molecule has 0 aliphatic carbocycles. The van der Waals surface area contributed by atoms with Gasteiger partial charge in [0, 0.05) is 13.1 Å². The summed E-state index contributed by atoms with van der Waals surface area (Å²) in [6.07, 6.45) is 0. The summed E-state index contributed by atoms with van der Waals surface area (Å²) in [5.41, 5.74) is -0.0719. The third-order valence-corrected chi connectivity index (χ3v) is 4.30. The van der Waals surface area contributed by atoms with Gasteiger partial charge in [-0.3, -0.25) is 9.11 Å². The number of hydrogen-bond acceptors (Lipinski definition) is 3. The van der Waals surface area contributed by atoms with Gasteiger partial charge in [-0.2, -0.15) is 10.6 Å². The van der Waals surface area contributed by atoms with Crippen LogP contribution < -0.4 is 4.90 Å². The average molecular weight is 249 g/mol. The summed E-state index contributed by atoms with van der Waals surface area (Å²) in [7, 11) is -2.54. The van der Waals surface area contributed by atoms with E-state index in [1.807, 2.05) is 0 Å². The number of halogens is 2. The van der Waals surface area contributed by atoms with Gasteiger partial charge in [0.25, 0.3) is 0 Å². The summed E-state index contributed by atoms with van der Waals surface area (Å²) in [4.78, 5) is 1.52. The molecule has 1 fully saturated rings. The summed E-state index contributed by atoms with van der Waals surface area (Å²) < 4.78 is 45.7. The molecule has 2 N–H and O–H groups in total. The topological polar surface area (TPSA) is 43.7 Å². The summed E-state index contributed by atoms with van der Waals surface area (Å²) in [6.45, 7) is 0.528. The predicted octanol–water partition coefficient (Wildman–Crippen LogP) is 2.54. The van der Waals surface area contributed by atoms with Crippen LogP contribution in [0.1, 0.15) is 0 Å². The summed E-state index contributed by atoms with van der Waals surface area (Å²) in [5, 5.41) is 0. The van der Waals surface area contributed by atoms with Crippen molar-refractivity contribution in [3.05, 3.63) is 29.8 Å². The van der Waals surface area contributed by atoms with Crippen LogP contribution in [-0.2, 0) is 0 Å². The van der Waals surface area contributed by atoms with Gasteiger partial charge in [-0.1, -0.05) is 6.07 Å². The maximum atomic E-state index is 13.4. The SMILES string of the molecule is OS1(O)CCN(c2c(F)cccc2F)CC1. The van der Waals surface area contributed by atoms with Crippen molar-refractivity contribution >= 4 is 16.3 Å². The van der Waals surface area contributed by atoms with Gasteiger partial charge in [-0.15, -0.1) is 0 Å². The Morgan fingerprint density at radius 1 is 1.06 bits per heavy atom. The Labute approximate surface area is 94.0 Å². The lowest BCUT2D eigenvalue weighted by Crippen LogP contribution is -2.39. The zero-order valence-electron chi connectivity index (χ0n) is 8.57. The lowest BCUT2D eigenvalue weighted by molar-refractivity contribution is 0.476. The third kappa shape index (κ3) is 2.28. The summed E-state index contributed by atoms with van der Waals surface area (Å²) in [6, 6.07) is 3.71. The molecule has 0 aromatic heterocycles. The van der Waals surface area contributed by atoms with Crippen LogP contribution >= 0.6 is 10.6 Å². The fraction of sp³-hybridized carbons (Fsp3) is 0.400. The largest absolute Gasteiger partial charge is 0.364 e. The molecule has 16 heavy (non-hydrogen) atoms. The van der Waals surface area contributed by atoms with E-state index < -0.39 is 22.2 Å². The zero-order chi connectivity index (χ0) is 11.8. The Bertz CT molecular complexity index is 370. The molecule has 1 aliphatic heterocycles. The van der Waals surface area contributed by atoms with E-state index in [9.17, 15) is 17.9 Å². The minimum Gasteiger partial charge on any atom is -0.364 e. The number of benzene rings is 1. The smallest absolute Gasteiger partial charge is 0.149 e. The molecule has 1 aromatic rings. The van der Waals surface area contributed by atoms with E-state index in [2.05, 4.69) is 0 Å². The molecule has 1 aliphatic rings. The molecule has 90 valence electrons. The quantitative estimate of drug-likeness (QED) is 0.803. The van der Waals surface area contributed by atoms with Crippen LogP contribution in [0.3, 0.4) is 0 Å². The van der Waals surface area contributed by atoms with E-state index in [-0.39, 0.29) is 30.3 Å². The van der Waals surface area contributed by atoms with Crippen LogP contribution in [-0.4, -0.2) is 33.7 Å². The van der Waals surface area contributed by atoms with Gasteiger partial charge in [0.05, 0.1) is 11.5 Å². The van der Waals surface area contributed by atoms with Crippen LogP contribution in [0.5, 0.6) is 0 Å². The molecular weight excluding hydrogens is 236 g/mol. The Morgan fingerprint density at radius 2 is 1.56 bits per heavy atom. The van der Waals surface area contributed by atoms with Crippen molar-refractivity contribution in [3.63, 3.8) is 0 Å². The van der Waals surface area contributed by atoms with Crippen molar-refractivity contribution in [2.45, 2.75) is 0 Å². The predicted molar refractivity (Wildman–Crippen MR) is 61.2 cm³/mol. The lowest BCUT2D eigenvalue weighted by Gasteiger charge is -2.41. The minimum absolute atomic E-state index is 0.0719. The molecule has 0 bridgehead atoms. The molecule has 0 atom stereocenters. The fourth-order valence-corrected chi connectivity index (χ4v) is 2.97. The van der Waals surface area contributed by atoms with Gasteiger partial charge in [0.2, 0.25) is 0 Å². The zero-order valence-corrected chi connectivity index (χ0v) is 9.38. The highest BCUT2D eigenvalue weighted by molar-refractivity contribution is 8.24. The number of para-hydroxylation sites is 1. The van der Waals surface area contributed by atoms with Gasteiger partial charge in [-0.25, -0.2) is 8.78 Å². The maximum absolute atomic E-state index is 13.4. The van der Waals surface area contributed by atoms with Gasteiger partial charge in [0.1, 0.15) is 17.3 Å². The highest BCUT2D eigenvalue weighted by atomic mass is 32.3. The third-order valence-electron chi connectivity index (χ3n) is 2.63. The van der Waals surface area contributed by atoms with E-state index in [0.717, 1.165) is 0 Å². The highest BCUT2D eigenvalue weighted by Gasteiger charge is 2.25. The van der Waals surface area contributed by atoms with E-state index in [1.54, 1.807) is 0 Å². The second-order valence-corrected chi connectivity index (χ2v) is 6.19. The first-order valence-corrected chi connectivity index (χ1v) is 6.81. The van der Waals surface area contributed by atoms with Gasteiger partial charge < -0.3 is 4.90 Å². The molecule has 0 unspecified atom stereocenters. The van der Waals surface area contributed by atoms with E-state index in [0.29, 0.717) is 0 Å². The Kier molecular flexibility index (Phi) is 3.05. The van der Waals surface area contributed by atoms with Crippen molar-refractivity contribution in [1.82, 2.24) is 0 Å².